The summed E-state index contributed by atoms with van der Waals surface area (Å²) in [7, 11) is 1.34. The van der Waals surface area contributed by atoms with Gasteiger partial charge in [0.2, 0.25) is 0 Å². The highest BCUT2D eigenvalue weighted by Crippen LogP contribution is 2.13. The molecule has 0 rings (SSSR count). The summed E-state index contributed by atoms with van der Waals surface area (Å²) in [6.07, 6.45) is 0. The molecule has 0 amide bonds. The summed E-state index contributed by atoms with van der Waals surface area (Å²) in [4.78, 5) is 10.9. The van der Waals surface area contributed by atoms with E-state index in [1.807, 2.05) is 13.8 Å². The smallest absolute Gasteiger partial charge is 0.325 e. The summed E-state index contributed by atoms with van der Waals surface area (Å²) >= 11 is 0. The van der Waals surface area contributed by atoms with Gasteiger partial charge in [0.25, 0.3) is 0 Å². The molecule has 0 aliphatic heterocycles. The molecule has 0 spiro atoms. The molecule has 68 valence electrons. The molecule has 4 heteroatoms. The fourth-order valence-corrected chi connectivity index (χ4v) is 0.456. The number of nitrogens with two attached hydrogens (primary N) is 1. The van der Waals surface area contributed by atoms with Crippen LogP contribution in [0.2, 0.25) is 0 Å². The second-order valence-corrected chi connectivity index (χ2v) is 2.93. The van der Waals surface area contributed by atoms with Crippen molar-refractivity contribution in [3.8, 4) is 0 Å². The van der Waals surface area contributed by atoms with E-state index in [2.05, 4.69) is 4.74 Å². The number of esters is 1. The molecule has 1 unspecified atom stereocenters. The Morgan fingerprint density at radius 1 is 1.55 bits per heavy atom. The maximum atomic E-state index is 10.9. The van der Waals surface area contributed by atoms with Crippen LogP contribution in [-0.2, 0) is 9.53 Å². The molecule has 3 nitrogen and oxygen atoms in total. The van der Waals surface area contributed by atoms with Crippen LogP contribution in [-0.4, -0.2) is 18.6 Å². The Labute approximate surface area is 73.7 Å². The van der Waals surface area contributed by atoms with Crippen molar-refractivity contribution in [1.82, 2.24) is 0 Å². The number of ether oxygens (including phenoxy) is 1. The summed E-state index contributed by atoms with van der Waals surface area (Å²) in [5, 5.41) is 0. The molecule has 11 heavy (non-hydrogen) atoms. The molecule has 0 aromatic rings. The maximum Gasteiger partial charge on any atom is 0.325 e. The van der Waals surface area contributed by atoms with Crippen LogP contribution in [0.25, 0.3) is 0 Å². The van der Waals surface area contributed by atoms with Gasteiger partial charge in [0.05, 0.1) is 7.11 Å². The number of methoxy groups -OCH3 is 1. The highest BCUT2D eigenvalue weighted by atomic mass is 35.5. The van der Waals surface area contributed by atoms with Gasteiger partial charge < -0.3 is 10.5 Å². The van der Waals surface area contributed by atoms with E-state index >= 15 is 0 Å². The molecule has 0 heterocycles. The van der Waals surface area contributed by atoms with Gasteiger partial charge in [-0.25, -0.2) is 0 Å². The first-order valence-electron chi connectivity index (χ1n) is 3.30. The van der Waals surface area contributed by atoms with Gasteiger partial charge in [0, 0.05) is 0 Å². The molecule has 0 aromatic heterocycles. The molecule has 2 N–H and O–H groups in total. The van der Waals surface area contributed by atoms with Gasteiger partial charge in [0.1, 0.15) is 5.54 Å². The van der Waals surface area contributed by atoms with E-state index in [-0.39, 0.29) is 24.3 Å². The van der Waals surface area contributed by atoms with Gasteiger partial charge in [0.15, 0.2) is 0 Å². The Balaban J connectivity index is 0. The number of carbonyl (C=O) groups excluding carboxylic acids is 1. The van der Waals surface area contributed by atoms with Crippen LogP contribution in [0.4, 0.5) is 0 Å². The van der Waals surface area contributed by atoms with Crippen molar-refractivity contribution in [3.05, 3.63) is 0 Å². The van der Waals surface area contributed by atoms with E-state index in [0.29, 0.717) is 0 Å². The molecule has 0 aliphatic rings. The van der Waals surface area contributed by atoms with Crippen molar-refractivity contribution >= 4 is 18.4 Å². The maximum absolute atomic E-state index is 10.9. The lowest BCUT2D eigenvalue weighted by molar-refractivity contribution is -0.148. The lowest BCUT2D eigenvalue weighted by Crippen LogP contribution is -2.50. The zero-order chi connectivity index (χ0) is 8.36. The zero-order valence-corrected chi connectivity index (χ0v) is 8.20. The van der Waals surface area contributed by atoms with Crippen molar-refractivity contribution in [2.24, 2.45) is 11.7 Å². The van der Waals surface area contributed by atoms with Gasteiger partial charge in [-0.15, -0.1) is 12.4 Å². The van der Waals surface area contributed by atoms with E-state index in [9.17, 15) is 4.79 Å². The fraction of sp³-hybridized carbons (Fsp3) is 0.857. The predicted octanol–water partition coefficient (Wildman–Crippen LogP) is 0.955. The lowest BCUT2D eigenvalue weighted by Gasteiger charge is -2.25. The van der Waals surface area contributed by atoms with Crippen LogP contribution in [0.3, 0.4) is 0 Å². The van der Waals surface area contributed by atoms with Gasteiger partial charge >= 0.3 is 5.97 Å². The average molecular weight is 182 g/mol. The van der Waals surface area contributed by atoms with Gasteiger partial charge in [-0.3, -0.25) is 4.79 Å². The van der Waals surface area contributed by atoms with Crippen molar-refractivity contribution in [2.75, 3.05) is 7.11 Å². The monoisotopic (exact) mass is 181 g/mol. The fourth-order valence-electron chi connectivity index (χ4n) is 0.456. The van der Waals surface area contributed by atoms with E-state index in [1.165, 1.54) is 7.11 Å². The first kappa shape index (κ1) is 13.3. The summed E-state index contributed by atoms with van der Waals surface area (Å²) < 4.78 is 4.51. The average Bonchev–Trinajstić information content (AvgIpc) is 1.86. The van der Waals surface area contributed by atoms with Crippen LogP contribution in [0, 0.1) is 5.92 Å². The third kappa shape index (κ3) is 3.08. The molecule has 0 radical (unpaired) electrons. The van der Waals surface area contributed by atoms with Crippen LogP contribution in [0.15, 0.2) is 0 Å². The summed E-state index contributed by atoms with van der Waals surface area (Å²) in [5.74, 6) is -0.262. The van der Waals surface area contributed by atoms with Gasteiger partial charge in [-0.1, -0.05) is 13.8 Å². The summed E-state index contributed by atoms with van der Waals surface area (Å²) in [6, 6.07) is 0. The van der Waals surface area contributed by atoms with E-state index < -0.39 is 5.54 Å². The van der Waals surface area contributed by atoms with Crippen molar-refractivity contribution in [2.45, 2.75) is 26.3 Å². The zero-order valence-electron chi connectivity index (χ0n) is 7.38. The SMILES string of the molecule is COC(=O)C(C)(N)C(C)C.Cl. The molecular weight excluding hydrogens is 166 g/mol. The number of hydrogen-bond acceptors (Lipinski definition) is 3. The number of halogens is 1. The first-order chi connectivity index (χ1) is 4.42. The first-order valence-corrected chi connectivity index (χ1v) is 3.30. The molecule has 0 aliphatic carbocycles. The highest BCUT2D eigenvalue weighted by Gasteiger charge is 2.32. The van der Waals surface area contributed by atoms with Crippen LogP contribution in [0.5, 0.6) is 0 Å². The van der Waals surface area contributed by atoms with Crippen LogP contribution >= 0.6 is 12.4 Å². The quantitative estimate of drug-likeness (QED) is 0.646. The molecule has 0 saturated carbocycles. The largest absolute Gasteiger partial charge is 0.468 e. The Kier molecular flexibility index (Phi) is 5.53. The van der Waals surface area contributed by atoms with Crippen molar-refractivity contribution < 1.29 is 9.53 Å². The topological polar surface area (TPSA) is 52.3 Å². The molecule has 1 atom stereocenters. The van der Waals surface area contributed by atoms with Crippen molar-refractivity contribution in [3.63, 3.8) is 0 Å². The van der Waals surface area contributed by atoms with Gasteiger partial charge in [-0.05, 0) is 12.8 Å². The highest BCUT2D eigenvalue weighted by molar-refractivity contribution is 5.85. The summed E-state index contributed by atoms with van der Waals surface area (Å²) in [6.45, 7) is 5.44. The minimum absolute atomic E-state index is 0. The Bertz CT molecular complexity index is 134. The molecule has 0 saturated heterocycles. The Hall–Kier alpha value is -0.280. The predicted molar refractivity (Wildman–Crippen MR) is 46.7 cm³/mol. The van der Waals surface area contributed by atoms with E-state index in [4.69, 9.17) is 5.73 Å². The van der Waals surface area contributed by atoms with E-state index in [0.717, 1.165) is 0 Å². The molecule has 0 bridgehead atoms. The normalized spacial score (nSPS) is 15.1. The molecule has 0 fully saturated rings. The Morgan fingerprint density at radius 2 is 1.91 bits per heavy atom. The van der Waals surface area contributed by atoms with E-state index in [1.54, 1.807) is 6.92 Å². The number of hydrogen-bond donors (Lipinski definition) is 1. The second-order valence-electron chi connectivity index (χ2n) is 2.93. The molecule has 0 aromatic carbocycles. The second kappa shape index (κ2) is 4.57. The third-order valence-electron chi connectivity index (χ3n) is 1.82. The van der Waals surface area contributed by atoms with Crippen molar-refractivity contribution in [1.29, 1.82) is 0 Å². The summed E-state index contributed by atoms with van der Waals surface area (Å²) in [5.41, 5.74) is 4.79. The minimum atomic E-state index is -0.852. The number of rotatable bonds is 2. The van der Waals surface area contributed by atoms with Gasteiger partial charge in [-0.2, -0.15) is 0 Å². The van der Waals surface area contributed by atoms with Crippen LogP contribution in [0.1, 0.15) is 20.8 Å². The third-order valence-corrected chi connectivity index (χ3v) is 1.82. The lowest BCUT2D eigenvalue weighted by atomic mass is 9.90. The van der Waals surface area contributed by atoms with Crippen LogP contribution < -0.4 is 5.73 Å². The minimum Gasteiger partial charge on any atom is -0.468 e. The molecular formula is C7H16ClNO2. The standard InChI is InChI=1S/C7H15NO2.ClH/c1-5(2)7(3,8)6(9)10-4;/h5H,8H2,1-4H3;1H. The number of carbonyl (C=O) groups is 1. The Morgan fingerprint density at radius 3 is 2.00 bits per heavy atom.